The lowest BCUT2D eigenvalue weighted by atomic mass is 9.93. The summed E-state index contributed by atoms with van der Waals surface area (Å²) < 4.78 is 6.03. The van der Waals surface area contributed by atoms with Crippen LogP contribution in [0.25, 0.3) is 0 Å². The number of hydrogen-bond donors (Lipinski definition) is 1. The van der Waals surface area contributed by atoms with E-state index in [4.69, 9.17) is 4.42 Å². The van der Waals surface area contributed by atoms with E-state index < -0.39 is 0 Å². The highest BCUT2D eigenvalue weighted by molar-refractivity contribution is 7.12. The predicted molar refractivity (Wildman–Crippen MR) is 118 cm³/mol. The van der Waals surface area contributed by atoms with Crippen LogP contribution in [0.5, 0.6) is 0 Å². The van der Waals surface area contributed by atoms with Crippen LogP contribution >= 0.6 is 11.3 Å². The smallest absolute Gasteiger partial charge is 0.294 e. The van der Waals surface area contributed by atoms with Gasteiger partial charge >= 0.3 is 0 Å². The molecule has 0 spiro atoms. The third kappa shape index (κ3) is 3.80. The summed E-state index contributed by atoms with van der Waals surface area (Å²) in [6, 6.07) is 13.1. The van der Waals surface area contributed by atoms with E-state index in [0.717, 1.165) is 47.5 Å². The monoisotopic (exact) mass is 421 g/mol. The maximum Gasteiger partial charge on any atom is 0.294 e. The number of rotatable bonds is 5. The second-order valence-electron chi connectivity index (χ2n) is 7.07. The first-order valence-electron chi connectivity index (χ1n) is 10.00. The molecular formula is C23H23N3O3S. The number of nitrogens with zero attached hydrogens (tertiary/aromatic N) is 2. The van der Waals surface area contributed by atoms with Crippen molar-refractivity contribution in [3.63, 3.8) is 0 Å². The van der Waals surface area contributed by atoms with Crippen molar-refractivity contribution in [1.29, 1.82) is 0 Å². The molecule has 2 aromatic heterocycles. The van der Waals surface area contributed by atoms with Crippen molar-refractivity contribution in [3.05, 3.63) is 75.4 Å². The number of carbonyl (C=O) groups is 2. The molecule has 0 atom stereocenters. The van der Waals surface area contributed by atoms with E-state index in [-0.39, 0.29) is 11.8 Å². The van der Waals surface area contributed by atoms with Crippen molar-refractivity contribution in [2.45, 2.75) is 33.1 Å². The maximum atomic E-state index is 13.3. The lowest BCUT2D eigenvalue weighted by molar-refractivity contribution is 0.0951. The lowest BCUT2D eigenvalue weighted by Gasteiger charge is -2.20. The van der Waals surface area contributed by atoms with Gasteiger partial charge < -0.3 is 9.32 Å². The van der Waals surface area contributed by atoms with Crippen LogP contribution in [0.4, 0.5) is 5.69 Å². The van der Waals surface area contributed by atoms with Crippen LogP contribution in [0.2, 0.25) is 0 Å². The molecule has 1 aliphatic rings. The third-order valence-electron chi connectivity index (χ3n) is 5.19. The summed E-state index contributed by atoms with van der Waals surface area (Å²) in [5, 5.41) is 6.23. The molecule has 0 fully saturated rings. The summed E-state index contributed by atoms with van der Waals surface area (Å²) in [4.78, 5) is 27.8. The zero-order valence-electron chi connectivity index (χ0n) is 17.0. The summed E-state index contributed by atoms with van der Waals surface area (Å²) in [5.41, 5.74) is 5.85. The van der Waals surface area contributed by atoms with Crippen LogP contribution in [0.15, 0.2) is 57.4 Å². The molecule has 1 aliphatic carbocycles. The first-order chi connectivity index (χ1) is 14.6. The van der Waals surface area contributed by atoms with E-state index >= 15 is 0 Å². The van der Waals surface area contributed by atoms with E-state index in [1.54, 1.807) is 11.0 Å². The first kappa shape index (κ1) is 20.1. The Morgan fingerprint density at radius 3 is 2.67 bits per heavy atom. The van der Waals surface area contributed by atoms with Crippen LogP contribution in [0, 0.1) is 6.92 Å². The van der Waals surface area contributed by atoms with E-state index in [9.17, 15) is 9.59 Å². The minimum atomic E-state index is -0.233. The molecule has 0 radical (unpaired) electrons. The van der Waals surface area contributed by atoms with Gasteiger partial charge in [-0.15, -0.1) is 11.3 Å². The second-order valence-corrected chi connectivity index (χ2v) is 8.02. The summed E-state index contributed by atoms with van der Waals surface area (Å²) >= 11 is 1.37. The van der Waals surface area contributed by atoms with Crippen LogP contribution in [-0.2, 0) is 6.42 Å². The minimum Gasteiger partial charge on any atom is -0.455 e. The van der Waals surface area contributed by atoms with Gasteiger partial charge in [-0.05, 0) is 50.3 Å². The largest absolute Gasteiger partial charge is 0.455 e. The number of carbonyl (C=O) groups excluding carboxylic acids is 2. The Morgan fingerprint density at radius 2 is 1.97 bits per heavy atom. The van der Waals surface area contributed by atoms with Gasteiger partial charge in [-0.3, -0.25) is 9.59 Å². The highest BCUT2D eigenvalue weighted by atomic mass is 32.1. The quantitative estimate of drug-likeness (QED) is 0.602. The Hall–Kier alpha value is -3.19. The Bertz CT molecular complexity index is 1080. The molecule has 7 heteroatoms. The number of fused-ring (bicyclic) bond motifs is 1. The molecule has 4 rings (SSSR count). The summed E-state index contributed by atoms with van der Waals surface area (Å²) in [5.74, 6) is 0.695. The van der Waals surface area contributed by atoms with Crippen LogP contribution in [0.3, 0.4) is 0 Å². The van der Waals surface area contributed by atoms with Crippen LogP contribution < -0.4 is 10.3 Å². The number of hydrogen-bond acceptors (Lipinski definition) is 5. The summed E-state index contributed by atoms with van der Waals surface area (Å²) in [6.07, 6.45) is 2.33. The van der Waals surface area contributed by atoms with Crippen molar-refractivity contribution in [2.75, 3.05) is 11.4 Å². The first-order valence-corrected chi connectivity index (χ1v) is 10.9. The zero-order valence-corrected chi connectivity index (χ0v) is 17.8. The fourth-order valence-electron chi connectivity index (χ4n) is 3.74. The van der Waals surface area contributed by atoms with Crippen molar-refractivity contribution < 1.29 is 14.0 Å². The van der Waals surface area contributed by atoms with Gasteiger partial charge in [0.15, 0.2) is 5.76 Å². The topological polar surface area (TPSA) is 74.9 Å². The highest BCUT2D eigenvalue weighted by Crippen LogP contribution is 2.31. The number of benzene rings is 1. The minimum absolute atomic E-state index is 0.169. The average Bonchev–Trinajstić information content (AvgIpc) is 3.42. The number of nitrogens with one attached hydrogen (secondary N) is 1. The van der Waals surface area contributed by atoms with Gasteiger partial charge in [0.2, 0.25) is 0 Å². The molecule has 0 aliphatic heterocycles. The average molecular weight is 422 g/mol. The molecule has 0 bridgehead atoms. The molecule has 1 N–H and O–H groups in total. The van der Waals surface area contributed by atoms with Crippen LogP contribution in [0.1, 0.15) is 56.9 Å². The maximum absolute atomic E-state index is 13.3. The Labute approximate surface area is 179 Å². The molecular weight excluding hydrogens is 398 g/mol. The van der Waals surface area contributed by atoms with Gasteiger partial charge in [0.25, 0.3) is 11.8 Å². The van der Waals surface area contributed by atoms with Gasteiger partial charge in [-0.1, -0.05) is 24.3 Å². The second kappa shape index (κ2) is 8.67. The Morgan fingerprint density at radius 1 is 1.17 bits per heavy atom. The van der Waals surface area contributed by atoms with Gasteiger partial charge in [0.05, 0.1) is 10.6 Å². The van der Waals surface area contributed by atoms with Gasteiger partial charge in [-0.25, -0.2) is 5.43 Å². The van der Waals surface area contributed by atoms with Gasteiger partial charge in [0.1, 0.15) is 5.76 Å². The molecule has 6 nitrogen and oxygen atoms in total. The number of hydrazone groups is 1. The number of amides is 2. The van der Waals surface area contributed by atoms with Crippen molar-refractivity contribution in [1.82, 2.24) is 5.43 Å². The fourth-order valence-corrected chi connectivity index (χ4v) is 4.35. The van der Waals surface area contributed by atoms with Crippen molar-refractivity contribution in [3.8, 4) is 0 Å². The standard InChI is InChI=1S/C23H23N3O3S/c1-3-26(16-9-5-4-6-10-16)23(28)21-15(2)20-17(11-7-12-18(20)29-21)24-25-22(27)19-13-8-14-30-19/h4-6,8-10,13-14H,3,7,11-12H2,1-2H3,(H,25,27)/b24-17+. The highest BCUT2D eigenvalue weighted by Gasteiger charge is 2.30. The van der Waals surface area contributed by atoms with E-state index in [0.29, 0.717) is 17.2 Å². The zero-order chi connectivity index (χ0) is 21.1. The molecule has 2 heterocycles. The Kier molecular flexibility index (Phi) is 5.81. The number of furan rings is 1. The number of aryl methyl sites for hydroxylation is 1. The number of anilines is 1. The third-order valence-corrected chi connectivity index (χ3v) is 6.06. The number of para-hydroxylation sites is 1. The van der Waals surface area contributed by atoms with Gasteiger partial charge in [0, 0.05) is 29.8 Å². The van der Waals surface area contributed by atoms with Crippen molar-refractivity contribution >= 4 is 34.6 Å². The molecule has 154 valence electrons. The summed E-state index contributed by atoms with van der Waals surface area (Å²) in [6.45, 7) is 4.36. The Balaban J connectivity index is 1.63. The van der Waals surface area contributed by atoms with Crippen molar-refractivity contribution in [2.24, 2.45) is 5.10 Å². The SMILES string of the molecule is CCN(C(=O)c1oc2c(c1C)/C(=N/NC(=O)c1cccs1)CCC2)c1ccccc1. The molecule has 0 saturated heterocycles. The van der Waals surface area contributed by atoms with E-state index in [1.165, 1.54) is 11.3 Å². The van der Waals surface area contributed by atoms with Crippen LogP contribution in [-0.4, -0.2) is 24.1 Å². The molecule has 30 heavy (non-hydrogen) atoms. The number of thiophene rings is 1. The normalized spacial score (nSPS) is 14.4. The summed E-state index contributed by atoms with van der Waals surface area (Å²) in [7, 11) is 0. The molecule has 0 unspecified atom stereocenters. The van der Waals surface area contributed by atoms with Gasteiger partial charge in [-0.2, -0.15) is 5.10 Å². The molecule has 1 aromatic carbocycles. The fraction of sp³-hybridized carbons (Fsp3) is 0.261. The lowest BCUT2D eigenvalue weighted by Crippen LogP contribution is -2.30. The molecule has 3 aromatic rings. The van der Waals surface area contributed by atoms with E-state index in [1.807, 2.05) is 55.6 Å². The molecule has 2 amide bonds. The predicted octanol–water partition coefficient (Wildman–Crippen LogP) is 4.79. The molecule has 0 saturated carbocycles. The van der Waals surface area contributed by atoms with E-state index in [2.05, 4.69) is 10.5 Å².